The van der Waals surface area contributed by atoms with E-state index in [2.05, 4.69) is 13.2 Å². The van der Waals surface area contributed by atoms with Crippen molar-refractivity contribution in [1.29, 1.82) is 0 Å². The molecule has 0 saturated heterocycles. The lowest BCUT2D eigenvalue weighted by Crippen LogP contribution is -2.09. The van der Waals surface area contributed by atoms with Crippen LogP contribution in [0.3, 0.4) is 0 Å². The van der Waals surface area contributed by atoms with Crippen LogP contribution in [0.2, 0.25) is 0 Å². The molecule has 0 N–H and O–H groups in total. The zero-order valence-corrected chi connectivity index (χ0v) is 18.7. The minimum atomic E-state index is -0.662. The predicted molar refractivity (Wildman–Crippen MR) is 127 cm³/mol. The summed E-state index contributed by atoms with van der Waals surface area (Å²) < 4.78 is 24.5. The van der Waals surface area contributed by atoms with Crippen LogP contribution in [0.25, 0.3) is 22.3 Å². The molecule has 0 saturated carbocycles. The first-order chi connectivity index (χ1) is 15.7. The molecule has 3 aromatic rings. The van der Waals surface area contributed by atoms with Crippen molar-refractivity contribution < 1.29 is 23.5 Å². The van der Waals surface area contributed by atoms with Crippen molar-refractivity contribution in [3.05, 3.63) is 102 Å². The van der Waals surface area contributed by atoms with Gasteiger partial charge in [0.15, 0.2) is 11.6 Å². The Hall–Kier alpha value is -3.99. The normalized spacial score (nSPS) is 10.4. The van der Waals surface area contributed by atoms with Crippen LogP contribution in [0, 0.1) is 5.82 Å². The maximum absolute atomic E-state index is 14.4. The number of esters is 2. The minimum absolute atomic E-state index is 0.127. The lowest BCUT2D eigenvalue weighted by Gasteiger charge is -2.09. The van der Waals surface area contributed by atoms with Gasteiger partial charge < -0.3 is 9.47 Å². The third-order valence-corrected chi connectivity index (χ3v) is 4.96. The first-order valence-electron chi connectivity index (χ1n) is 10.4. The summed E-state index contributed by atoms with van der Waals surface area (Å²) >= 11 is 0. The van der Waals surface area contributed by atoms with Crippen LogP contribution in [0.5, 0.6) is 5.75 Å². The molecule has 0 atom stereocenters. The van der Waals surface area contributed by atoms with E-state index in [1.54, 1.807) is 13.0 Å². The van der Waals surface area contributed by atoms with E-state index in [1.807, 2.05) is 48.5 Å². The van der Waals surface area contributed by atoms with Gasteiger partial charge in [-0.1, -0.05) is 67.8 Å². The summed E-state index contributed by atoms with van der Waals surface area (Å²) in [7, 11) is 0. The fourth-order valence-corrected chi connectivity index (χ4v) is 3.05. The fraction of sp³-hybridized carbons (Fsp3) is 0.143. The second kappa shape index (κ2) is 10.6. The highest BCUT2D eigenvalue weighted by Gasteiger charge is 2.11. The zero-order valence-electron chi connectivity index (χ0n) is 18.7. The van der Waals surface area contributed by atoms with Crippen molar-refractivity contribution >= 4 is 11.9 Å². The summed E-state index contributed by atoms with van der Waals surface area (Å²) in [6.07, 6.45) is 0.626. The van der Waals surface area contributed by atoms with Gasteiger partial charge in [-0.2, -0.15) is 0 Å². The number of rotatable bonds is 8. The summed E-state index contributed by atoms with van der Waals surface area (Å²) in [5.74, 6) is -1.78. The lowest BCUT2D eigenvalue weighted by molar-refractivity contribution is -0.138. The van der Waals surface area contributed by atoms with Crippen molar-refractivity contribution in [1.82, 2.24) is 0 Å². The Balaban J connectivity index is 1.66. The molecule has 168 valence electrons. The molecule has 3 rings (SSSR count). The highest BCUT2D eigenvalue weighted by atomic mass is 19.1. The van der Waals surface area contributed by atoms with E-state index >= 15 is 0 Å². The molecule has 3 aromatic carbocycles. The van der Waals surface area contributed by atoms with E-state index in [0.717, 1.165) is 22.3 Å². The third kappa shape index (κ3) is 6.26. The number of benzene rings is 3. The third-order valence-electron chi connectivity index (χ3n) is 4.96. The molecule has 33 heavy (non-hydrogen) atoms. The van der Waals surface area contributed by atoms with Crippen LogP contribution < -0.4 is 4.74 Å². The molecule has 0 radical (unpaired) electrons. The second-order valence-corrected chi connectivity index (χ2v) is 7.76. The van der Waals surface area contributed by atoms with Gasteiger partial charge >= 0.3 is 11.9 Å². The van der Waals surface area contributed by atoms with Crippen LogP contribution in [0.15, 0.2) is 91.0 Å². The van der Waals surface area contributed by atoms with E-state index in [1.165, 1.54) is 19.1 Å². The highest BCUT2D eigenvalue weighted by Crippen LogP contribution is 2.28. The van der Waals surface area contributed by atoms with Crippen molar-refractivity contribution in [3.63, 3.8) is 0 Å². The van der Waals surface area contributed by atoms with Crippen LogP contribution in [-0.4, -0.2) is 18.5 Å². The number of carbonyl (C=O) groups is 2. The topological polar surface area (TPSA) is 52.6 Å². The minimum Gasteiger partial charge on any atom is -0.462 e. The van der Waals surface area contributed by atoms with Gasteiger partial charge in [0, 0.05) is 17.6 Å². The van der Waals surface area contributed by atoms with Gasteiger partial charge in [0.25, 0.3) is 0 Å². The molecule has 0 unspecified atom stereocenters. The number of hydrogen-bond acceptors (Lipinski definition) is 4. The highest BCUT2D eigenvalue weighted by molar-refractivity contribution is 5.89. The summed E-state index contributed by atoms with van der Waals surface area (Å²) in [6.45, 7) is 10.5. The van der Waals surface area contributed by atoms with Crippen LogP contribution in [0.4, 0.5) is 4.39 Å². The van der Waals surface area contributed by atoms with Gasteiger partial charge in [0.1, 0.15) is 0 Å². The molecule has 0 aliphatic carbocycles. The summed E-state index contributed by atoms with van der Waals surface area (Å²) in [5, 5.41) is 0. The predicted octanol–water partition coefficient (Wildman–Crippen LogP) is 6.30. The average molecular weight is 445 g/mol. The van der Waals surface area contributed by atoms with Crippen molar-refractivity contribution in [2.45, 2.75) is 20.3 Å². The smallest absolute Gasteiger partial charge is 0.338 e. The van der Waals surface area contributed by atoms with Gasteiger partial charge in [-0.3, -0.25) is 0 Å². The molecule has 0 aliphatic heterocycles. The Kier molecular flexibility index (Phi) is 7.57. The Morgan fingerprint density at radius 2 is 1.24 bits per heavy atom. The Labute approximate surface area is 193 Å². The van der Waals surface area contributed by atoms with Gasteiger partial charge in [-0.05, 0) is 53.8 Å². The monoisotopic (exact) mass is 444 g/mol. The number of carbonyl (C=O) groups excluding carboxylic acids is 2. The maximum Gasteiger partial charge on any atom is 0.338 e. The van der Waals surface area contributed by atoms with Crippen LogP contribution in [0.1, 0.15) is 19.4 Å². The van der Waals surface area contributed by atoms with E-state index < -0.39 is 11.8 Å². The van der Waals surface area contributed by atoms with Crippen LogP contribution >= 0.6 is 0 Å². The lowest BCUT2D eigenvalue weighted by atomic mass is 9.99. The molecular formula is C28H25FO4. The van der Waals surface area contributed by atoms with Gasteiger partial charge in [0.05, 0.1) is 6.61 Å². The zero-order chi connectivity index (χ0) is 24.0. The van der Waals surface area contributed by atoms with E-state index in [4.69, 9.17) is 9.47 Å². The van der Waals surface area contributed by atoms with Gasteiger partial charge in [-0.15, -0.1) is 0 Å². The molecule has 0 heterocycles. The Morgan fingerprint density at radius 3 is 1.76 bits per heavy atom. The number of halogens is 1. The Morgan fingerprint density at radius 1 is 0.758 bits per heavy atom. The van der Waals surface area contributed by atoms with Crippen LogP contribution in [-0.2, 0) is 20.7 Å². The summed E-state index contributed by atoms with van der Waals surface area (Å²) in [5.41, 5.74) is 5.23. The van der Waals surface area contributed by atoms with Crippen molar-refractivity contribution in [3.8, 4) is 28.0 Å². The largest absolute Gasteiger partial charge is 0.462 e. The maximum atomic E-state index is 14.4. The summed E-state index contributed by atoms with van der Waals surface area (Å²) in [4.78, 5) is 23.0. The van der Waals surface area contributed by atoms with Gasteiger partial charge in [0.2, 0.25) is 0 Å². The van der Waals surface area contributed by atoms with Crippen molar-refractivity contribution in [2.24, 2.45) is 0 Å². The molecule has 0 aromatic heterocycles. The quantitative estimate of drug-likeness (QED) is 0.232. The first-order valence-corrected chi connectivity index (χ1v) is 10.4. The van der Waals surface area contributed by atoms with Crippen molar-refractivity contribution in [2.75, 3.05) is 6.61 Å². The molecule has 0 bridgehead atoms. The van der Waals surface area contributed by atoms with E-state index in [0.29, 0.717) is 24.2 Å². The first kappa shape index (κ1) is 23.7. The average Bonchev–Trinajstić information content (AvgIpc) is 2.80. The fourth-order valence-electron chi connectivity index (χ4n) is 3.05. The molecular weight excluding hydrogens is 419 g/mol. The Bertz CT molecular complexity index is 1190. The number of ether oxygens (including phenoxy) is 2. The molecule has 0 fully saturated rings. The molecule has 0 amide bonds. The number of hydrogen-bond donors (Lipinski definition) is 0. The summed E-state index contributed by atoms with van der Waals surface area (Å²) in [6, 6.07) is 20.2. The SMILES string of the molecule is C=C(C)C(=O)OCCc1ccc(-c2ccc(-c3ccc(OC(=O)C(=C)C)c(F)c3)cc2)cc1. The standard InChI is InChI=1S/C28H25FO4/c1-18(2)27(30)32-16-15-20-5-7-21(8-6-20)22-9-11-23(12-10-22)24-13-14-26(25(29)17-24)33-28(31)19(3)4/h5-14,17H,1,3,15-16H2,2,4H3. The molecule has 4 nitrogen and oxygen atoms in total. The second-order valence-electron chi connectivity index (χ2n) is 7.76. The van der Waals surface area contributed by atoms with E-state index in [9.17, 15) is 14.0 Å². The van der Waals surface area contributed by atoms with Gasteiger partial charge in [-0.25, -0.2) is 14.0 Å². The molecule has 0 aliphatic rings. The molecule has 0 spiro atoms. The molecule has 5 heteroatoms. The van der Waals surface area contributed by atoms with E-state index in [-0.39, 0.29) is 17.3 Å².